The highest BCUT2D eigenvalue weighted by Gasteiger charge is 2.27. The normalized spacial score (nSPS) is 11.4. The van der Waals surface area contributed by atoms with E-state index in [0.29, 0.717) is 17.6 Å². The van der Waals surface area contributed by atoms with Crippen molar-refractivity contribution < 1.29 is 13.5 Å². The average Bonchev–Trinajstić information content (AvgIpc) is 3.36. The van der Waals surface area contributed by atoms with Crippen LogP contribution in [0.4, 0.5) is 20.4 Å². The van der Waals surface area contributed by atoms with Gasteiger partial charge in [0.2, 0.25) is 17.8 Å². The third-order valence-corrected chi connectivity index (χ3v) is 3.50. The van der Waals surface area contributed by atoms with Crippen LogP contribution in [0.2, 0.25) is 0 Å². The Morgan fingerprint density at radius 3 is 1.93 bits per heavy atom. The molecule has 0 spiro atoms. The lowest BCUT2D eigenvalue weighted by molar-refractivity contribution is -0.0964. The van der Waals surface area contributed by atoms with Crippen LogP contribution in [0.15, 0.2) is 61.7 Å². The van der Waals surface area contributed by atoms with E-state index >= 15 is 0 Å². The fraction of sp³-hybridized carbons (Fsp3) is 0.0625. The summed E-state index contributed by atoms with van der Waals surface area (Å²) in [5.41, 5.74) is -3.23. The third-order valence-electron chi connectivity index (χ3n) is 3.43. The quantitative estimate of drug-likeness (QED) is 0.493. The molecule has 0 amide bonds. The first kappa shape index (κ1) is 17.8. The number of nitrogens with zero attached hydrogens (tertiary/aromatic N) is 7. The molecule has 0 fully saturated rings. The molecule has 0 bridgehead atoms. The van der Waals surface area contributed by atoms with E-state index in [2.05, 4.69) is 35.0 Å². The highest BCUT2D eigenvalue weighted by Crippen LogP contribution is 2.26. The Bertz CT molecular complexity index is 997. The van der Waals surface area contributed by atoms with Gasteiger partial charge in [-0.25, -0.2) is 9.97 Å². The number of ether oxygens (including phenoxy) is 1. The largest absolute Gasteiger partial charge is 0.487 e. The van der Waals surface area contributed by atoms with E-state index in [1.165, 1.54) is 24.3 Å². The molecule has 4 aromatic rings. The molecule has 0 aliphatic carbocycles. The summed E-state index contributed by atoms with van der Waals surface area (Å²) in [6, 6.07) is 5.73. The summed E-state index contributed by atoms with van der Waals surface area (Å²) in [6.45, 7) is 0. The zero-order valence-corrected chi connectivity index (χ0v) is 14.7. The van der Waals surface area contributed by atoms with Gasteiger partial charge in [-0.05, 0) is 24.3 Å². The summed E-state index contributed by atoms with van der Waals surface area (Å²) < 4.78 is 32.9. The number of hydrogen-bond donors (Lipinski definition) is 1. The fourth-order valence-corrected chi connectivity index (χ4v) is 2.35. The average molecular weight is 405 g/mol. The second-order valence-electron chi connectivity index (χ2n) is 5.40. The highest BCUT2D eigenvalue weighted by molar-refractivity contribution is 6.20. The molecule has 1 N–H and O–H groups in total. The topological polar surface area (TPSA) is 95.6 Å². The van der Waals surface area contributed by atoms with E-state index in [4.69, 9.17) is 11.6 Å². The van der Waals surface area contributed by atoms with Crippen LogP contribution >= 0.6 is 11.6 Å². The van der Waals surface area contributed by atoms with E-state index in [1.807, 2.05) is 0 Å². The molecule has 12 heteroatoms. The zero-order valence-electron chi connectivity index (χ0n) is 13.9. The van der Waals surface area contributed by atoms with Gasteiger partial charge < -0.3 is 10.1 Å². The number of imidazole rings is 2. The molecule has 1 aromatic carbocycles. The molecule has 4 rings (SSSR count). The lowest BCUT2D eigenvalue weighted by Crippen LogP contribution is -2.15. The summed E-state index contributed by atoms with van der Waals surface area (Å²) in [6.07, 6.45) is 9.67. The van der Waals surface area contributed by atoms with Crippen molar-refractivity contribution >= 4 is 23.2 Å². The standard InChI is InChI=1S/C16H11ClF2N8O/c17-16(18,19)28-12-3-1-11(2-4-12)22-13-23-14(26-7-5-20-9-26)25-15(24-13)27-8-6-21-10-27/h1-10H,(H,22,23,24,25). The van der Waals surface area contributed by atoms with E-state index < -0.39 is 5.57 Å². The number of alkyl halides is 3. The molecular formula is C16H11ClF2N8O. The minimum absolute atomic E-state index is 0.0839. The highest BCUT2D eigenvalue weighted by atomic mass is 35.5. The number of benzene rings is 1. The molecule has 0 aliphatic rings. The molecule has 0 saturated carbocycles. The van der Waals surface area contributed by atoms with Gasteiger partial charge in [-0.15, -0.1) is 8.78 Å². The Labute approximate surface area is 161 Å². The van der Waals surface area contributed by atoms with Gasteiger partial charge >= 0.3 is 5.57 Å². The van der Waals surface area contributed by atoms with Crippen LogP contribution in [0.1, 0.15) is 0 Å². The number of aromatic nitrogens is 7. The molecule has 0 unspecified atom stereocenters. The van der Waals surface area contributed by atoms with Crippen molar-refractivity contribution in [1.82, 2.24) is 34.1 Å². The molecule has 142 valence electrons. The number of nitrogens with one attached hydrogen (secondary N) is 1. The van der Waals surface area contributed by atoms with Crippen LogP contribution in [0.5, 0.6) is 5.75 Å². The molecule has 9 nitrogen and oxygen atoms in total. The van der Waals surface area contributed by atoms with Crippen LogP contribution in [-0.4, -0.2) is 39.6 Å². The van der Waals surface area contributed by atoms with E-state index in [-0.39, 0.29) is 11.7 Å². The number of rotatable bonds is 6. The summed E-state index contributed by atoms with van der Waals surface area (Å²) >= 11 is 4.76. The van der Waals surface area contributed by atoms with Crippen molar-refractivity contribution in [3.8, 4) is 17.6 Å². The van der Waals surface area contributed by atoms with Crippen LogP contribution in [0.3, 0.4) is 0 Å². The Kier molecular flexibility index (Phi) is 4.57. The Morgan fingerprint density at radius 2 is 1.46 bits per heavy atom. The van der Waals surface area contributed by atoms with Crippen LogP contribution < -0.4 is 10.1 Å². The maximum atomic E-state index is 12.7. The monoisotopic (exact) mass is 404 g/mol. The summed E-state index contributed by atoms with van der Waals surface area (Å²) in [4.78, 5) is 21.0. The summed E-state index contributed by atoms with van der Waals surface area (Å²) in [5, 5.41) is 2.99. The predicted octanol–water partition coefficient (Wildman–Crippen LogP) is 3.15. The minimum Gasteiger partial charge on any atom is -0.420 e. The van der Waals surface area contributed by atoms with Gasteiger partial charge in [0.05, 0.1) is 0 Å². The molecule has 0 aliphatic heterocycles. The minimum atomic E-state index is -3.78. The maximum absolute atomic E-state index is 12.7. The lowest BCUT2D eigenvalue weighted by atomic mass is 10.3. The van der Waals surface area contributed by atoms with Crippen molar-refractivity contribution in [3.63, 3.8) is 0 Å². The molecule has 0 radical (unpaired) electrons. The lowest BCUT2D eigenvalue weighted by Gasteiger charge is -2.12. The second kappa shape index (κ2) is 7.19. The van der Waals surface area contributed by atoms with Crippen molar-refractivity contribution in [2.24, 2.45) is 0 Å². The zero-order chi connectivity index (χ0) is 19.6. The van der Waals surface area contributed by atoms with Gasteiger partial charge in [0.15, 0.2) is 0 Å². The first-order valence-corrected chi connectivity index (χ1v) is 8.20. The number of halogens is 3. The molecule has 0 saturated heterocycles. The Morgan fingerprint density at radius 1 is 0.893 bits per heavy atom. The van der Waals surface area contributed by atoms with Crippen LogP contribution in [0.25, 0.3) is 11.9 Å². The van der Waals surface area contributed by atoms with E-state index in [0.717, 1.165) is 0 Å². The van der Waals surface area contributed by atoms with Gasteiger partial charge in [0, 0.05) is 42.1 Å². The van der Waals surface area contributed by atoms with Crippen molar-refractivity contribution in [3.05, 3.63) is 61.7 Å². The van der Waals surface area contributed by atoms with Crippen LogP contribution in [-0.2, 0) is 0 Å². The molecule has 0 atom stereocenters. The first-order valence-electron chi connectivity index (χ1n) is 7.82. The molecule has 3 heterocycles. The van der Waals surface area contributed by atoms with Crippen molar-refractivity contribution in [2.75, 3.05) is 5.32 Å². The Balaban J connectivity index is 1.63. The van der Waals surface area contributed by atoms with Gasteiger partial charge in [-0.3, -0.25) is 9.13 Å². The number of hydrogen-bond acceptors (Lipinski definition) is 7. The smallest absolute Gasteiger partial charge is 0.420 e. The molecule has 28 heavy (non-hydrogen) atoms. The molecule has 3 aromatic heterocycles. The number of anilines is 2. The fourth-order valence-electron chi connectivity index (χ4n) is 2.26. The Hall–Kier alpha value is -3.60. The summed E-state index contributed by atoms with van der Waals surface area (Å²) in [7, 11) is 0. The van der Waals surface area contributed by atoms with Gasteiger partial charge in [0.1, 0.15) is 18.4 Å². The molecular weight excluding hydrogens is 394 g/mol. The maximum Gasteiger partial charge on any atom is 0.487 e. The summed E-state index contributed by atoms with van der Waals surface area (Å²) in [5.74, 6) is 0.819. The van der Waals surface area contributed by atoms with Gasteiger partial charge in [0.25, 0.3) is 0 Å². The van der Waals surface area contributed by atoms with Gasteiger partial charge in [-0.1, -0.05) is 0 Å². The predicted molar refractivity (Wildman–Crippen MR) is 95.2 cm³/mol. The van der Waals surface area contributed by atoms with E-state index in [1.54, 1.807) is 46.6 Å². The second-order valence-corrected chi connectivity index (χ2v) is 5.84. The SMILES string of the molecule is FC(F)(Cl)Oc1ccc(Nc2nc(-n3ccnc3)nc(-n3ccnc3)n2)cc1. The van der Waals surface area contributed by atoms with Crippen molar-refractivity contribution in [2.45, 2.75) is 5.57 Å². The van der Waals surface area contributed by atoms with Gasteiger partial charge in [-0.2, -0.15) is 15.0 Å². The first-order chi connectivity index (χ1) is 13.5. The van der Waals surface area contributed by atoms with E-state index in [9.17, 15) is 8.78 Å². The van der Waals surface area contributed by atoms with Crippen molar-refractivity contribution in [1.29, 1.82) is 0 Å². The third kappa shape index (κ3) is 4.20. The van der Waals surface area contributed by atoms with Crippen LogP contribution in [0, 0.1) is 0 Å².